The van der Waals surface area contributed by atoms with Gasteiger partial charge in [0.05, 0.1) is 11.1 Å². The lowest BCUT2D eigenvalue weighted by molar-refractivity contribution is -0.384. The van der Waals surface area contributed by atoms with Crippen molar-refractivity contribution in [3.05, 3.63) is 28.1 Å². The van der Waals surface area contributed by atoms with Crippen LogP contribution >= 0.6 is 0 Å². The van der Waals surface area contributed by atoms with Crippen LogP contribution in [0.4, 0.5) is 5.69 Å². The molecule has 1 saturated carbocycles. The first-order valence-electron chi connectivity index (χ1n) is 7.28. The number of hydrogen-bond acceptors (Lipinski definition) is 4. The zero-order valence-electron chi connectivity index (χ0n) is 12.1. The predicted octanol–water partition coefficient (Wildman–Crippen LogP) is 1.87. The Labute approximate surface area is 123 Å². The van der Waals surface area contributed by atoms with Crippen LogP contribution in [0.15, 0.2) is 12.3 Å². The molecule has 1 unspecified atom stereocenters. The third-order valence-electron chi connectivity index (χ3n) is 3.69. The van der Waals surface area contributed by atoms with Gasteiger partial charge in [-0.1, -0.05) is 6.92 Å². The van der Waals surface area contributed by atoms with E-state index in [1.165, 1.54) is 12.3 Å². The molecule has 0 spiro atoms. The van der Waals surface area contributed by atoms with Crippen molar-refractivity contribution in [3.8, 4) is 0 Å². The molecule has 0 aliphatic heterocycles. The normalized spacial score (nSPS) is 15.7. The lowest BCUT2D eigenvalue weighted by atomic mass is 10.1. The fraction of sp³-hybridized carbons (Fsp3) is 0.643. The maximum atomic E-state index is 12.1. The van der Waals surface area contributed by atoms with Gasteiger partial charge < -0.3 is 15.0 Å². The summed E-state index contributed by atoms with van der Waals surface area (Å²) in [6, 6.07) is 1.55. The van der Waals surface area contributed by atoms with Gasteiger partial charge in [-0.15, -0.1) is 0 Å². The standard InChI is InChI=1S/C14H21N3O4/c1-10(9-18)3-2-6-15-14(19)13-7-12(17(20)21)8-16(13)11-4-5-11/h7-8,10-11,18H,2-6,9H2,1H3,(H,15,19). The second-order valence-electron chi connectivity index (χ2n) is 5.66. The second-order valence-corrected chi connectivity index (χ2v) is 5.66. The van der Waals surface area contributed by atoms with E-state index < -0.39 is 4.92 Å². The second kappa shape index (κ2) is 6.71. The first kappa shape index (κ1) is 15.5. The molecule has 21 heavy (non-hydrogen) atoms. The van der Waals surface area contributed by atoms with Gasteiger partial charge in [0.25, 0.3) is 11.6 Å². The van der Waals surface area contributed by atoms with E-state index >= 15 is 0 Å². The molecule has 0 saturated heterocycles. The highest BCUT2D eigenvalue weighted by molar-refractivity contribution is 5.93. The average molecular weight is 295 g/mol. The summed E-state index contributed by atoms with van der Waals surface area (Å²) in [4.78, 5) is 22.5. The zero-order valence-corrected chi connectivity index (χ0v) is 12.1. The van der Waals surface area contributed by atoms with Crippen molar-refractivity contribution in [2.24, 2.45) is 5.92 Å². The SMILES string of the molecule is CC(CO)CCCNC(=O)c1cc([N+](=O)[O-])cn1C1CC1. The van der Waals surface area contributed by atoms with Crippen LogP contribution in [0.25, 0.3) is 0 Å². The van der Waals surface area contributed by atoms with Crippen LogP contribution < -0.4 is 5.32 Å². The minimum absolute atomic E-state index is 0.0408. The Kier molecular flexibility index (Phi) is 4.95. The van der Waals surface area contributed by atoms with Crippen molar-refractivity contribution in [1.82, 2.24) is 9.88 Å². The minimum atomic E-state index is -0.474. The Balaban J connectivity index is 1.93. The van der Waals surface area contributed by atoms with Gasteiger partial charge in [0, 0.05) is 25.3 Å². The van der Waals surface area contributed by atoms with Gasteiger partial charge >= 0.3 is 0 Å². The molecular formula is C14H21N3O4. The summed E-state index contributed by atoms with van der Waals surface area (Å²) in [6.07, 6.45) is 4.97. The number of aliphatic hydroxyl groups excluding tert-OH is 1. The first-order chi connectivity index (χ1) is 10.0. The number of rotatable bonds is 8. The van der Waals surface area contributed by atoms with Gasteiger partial charge in [0.15, 0.2) is 0 Å². The van der Waals surface area contributed by atoms with E-state index in [1.807, 2.05) is 6.92 Å². The number of carbonyl (C=O) groups is 1. The van der Waals surface area contributed by atoms with E-state index in [0.29, 0.717) is 12.2 Å². The predicted molar refractivity (Wildman–Crippen MR) is 77.2 cm³/mol. The van der Waals surface area contributed by atoms with E-state index in [4.69, 9.17) is 5.11 Å². The van der Waals surface area contributed by atoms with Gasteiger partial charge in [-0.25, -0.2) is 0 Å². The Bertz CT molecular complexity index is 522. The zero-order chi connectivity index (χ0) is 15.4. The van der Waals surface area contributed by atoms with E-state index in [0.717, 1.165) is 25.7 Å². The van der Waals surface area contributed by atoms with Crippen molar-refractivity contribution < 1.29 is 14.8 Å². The highest BCUT2D eigenvalue weighted by atomic mass is 16.6. The minimum Gasteiger partial charge on any atom is -0.396 e. The summed E-state index contributed by atoms with van der Waals surface area (Å²) in [7, 11) is 0. The highest BCUT2D eigenvalue weighted by Gasteiger charge is 2.30. The molecule has 2 N–H and O–H groups in total. The summed E-state index contributed by atoms with van der Waals surface area (Å²) >= 11 is 0. The molecule has 1 aliphatic carbocycles. The number of aliphatic hydroxyl groups is 1. The molecule has 0 aromatic carbocycles. The van der Waals surface area contributed by atoms with Gasteiger partial charge in [-0.3, -0.25) is 14.9 Å². The lowest BCUT2D eigenvalue weighted by Crippen LogP contribution is -2.27. The van der Waals surface area contributed by atoms with E-state index in [9.17, 15) is 14.9 Å². The largest absolute Gasteiger partial charge is 0.396 e. The number of amides is 1. The number of nitrogens with zero attached hydrogens (tertiary/aromatic N) is 2. The van der Waals surface area contributed by atoms with Gasteiger partial charge in [0.1, 0.15) is 5.69 Å². The molecule has 1 aliphatic rings. The van der Waals surface area contributed by atoms with Crippen LogP contribution in [-0.2, 0) is 0 Å². The summed E-state index contributed by atoms with van der Waals surface area (Å²) in [6.45, 7) is 2.60. The molecule has 116 valence electrons. The molecule has 1 amide bonds. The smallest absolute Gasteiger partial charge is 0.287 e. The fourth-order valence-electron chi connectivity index (χ4n) is 2.24. The van der Waals surface area contributed by atoms with Crippen molar-refractivity contribution >= 4 is 11.6 Å². The number of aromatic nitrogens is 1. The first-order valence-corrected chi connectivity index (χ1v) is 7.28. The quantitative estimate of drug-likeness (QED) is 0.434. The molecule has 7 heteroatoms. The lowest BCUT2D eigenvalue weighted by Gasteiger charge is -2.10. The van der Waals surface area contributed by atoms with E-state index in [2.05, 4.69) is 5.32 Å². The maximum absolute atomic E-state index is 12.1. The monoisotopic (exact) mass is 295 g/mol. The summed E-state index contributed by atoms with van der Waals surface area (Å²) in [5.41, 5.74) is 0.320. The van der Waals surface area contributed by atoms with Crippen LogP contribution in [0.1, 0.15) is 49.1 Å². The van der Waals surface area contributed by atoms with Crippen LogP contribution in [-0.4, -0.2) is 33.7 Å². The molecule has 1 aromatic rings. The number of nitro groups is 1. The summed E-state index contributed by atoms with van der Waals surface area (Å²) < 4.78 is 1.71. The Morgan fingerprint density at radius 3 is 2.90 bits per heavy atom. The molecule has 2 rings (SSSR count). The number of carbonyl (C=O) groups excluding carboxylic acids is 1. The molecule has 1 fully saturated rings. The van der Waals surface area contributed by atoms with Crippen LogP contribution in [0.2, 0.25) is 0 Å². The van der Waals surface area contributed by atoms with Crippen LogP contribution in [0.5, 0.6) is 0 Å². The molecule has 0 radical (unpaired) electrons. The van der Waals surface area contributed by atoms with E-state index in [-0.39, 0.29) is 30.2 Å². The summed E-state index contributed by atoms with van der Waals surface area (Å²) in [5.74, 6) is -0.0510. The van der Waals surface area contributed by atoms with Crippen LogP contribution in [0.3, 0.4) is 0 Å². The van der Waals surface area contributed by atoms with Gasteiger partial charge in [-0.05, 0) is 31.6 Å². The molecule has 1 aromatic heterocycles. The molecular weight excluding hydrogens is 274 g/mol. The molecule has 0 bridgehead atoms. The van der Waals surface area contributed by atoms with Gasteiger partial charge in [-0.2, -0.15) is 0 Å². The van der Waals surface area contributed by atoms with E-state index in [1.54, 1.807) is 4.57 Å². The molecule has 7 nitrogen and oxygen atoms in total. The number of nitrogens with one attached hydrogen (secondary N) is 1. The van der Waals surface area contributed by atoms with Gasteiger partial charge in [0.2, 0.25) is 0 Å². The maximum Gasteiger partial charge on any atom is 0.287 e. The Morgan fingerprint density at radius 1 is 1.62 bits per heavy atom. The van der Waals surface area contributed by atoms with Crippen LogP contribution in [0, 0.1) is 16.0 Å². The van der Waals surface area contributed by atoms with Crippen molar-refractivity contribution in [2.75, 3.05) is 13.2 Å². The highest BCUT2D eigenvalue weighted by Crippen LogP contribution is 2.37. The topological polar surface area (TPSA) is 97.4 Å². The molecule has 1 heterocycles. The average Bonchev–Trinajstić information content (AvgIpc) is 3.21. The van der Waals surface area contributed by atoms with Crippen molar-refractivity contribution in [3.63, 3.8) is 0 Å². The Morgan fingerprint density at radius 2 is 2.33 bits per heavy atom. The summed E-state index contributed by atoms with van der Waals surface area (Å²) in [5, 5.41) is 22.6. The van der Waals surface area contributed by atoms with Crippen molar-refractivity contribution in [2.45, 2.75) is 38.6 Å². The third kappa shape index (κ3) is 4.04. The van der Waals surface area contributed by atoms with Crippen molar-refractivity contribution in [1.29, 1.82) is 0 Å². The third-order valence-corrected chi connectivity index (χ3v) is 3.69. The Hall–Kier alpha value is -1.89. The fourth-order valence-corrected chi connectivity index (χ4v) is 2.24. The molecule has 1 atom stereocenters. The number of hydrogen-bond donors (Lipinski definition) is 2.